The Bertz CT molecular complexity index is 283. The van der Waals surface area contributed by atoms with Gasteiger partial charge in [0.05, 0.1) is 5.41 Å². The molecular formula is C10H14N2O. The van der Waals surface area contributed by atoms with Crippen LogP contribution in [0.1, 0.15) is 44.9 Å². The highest BCUT2D eigenvalue weighted by Crippen LogP contribution is 2.45. The number of hydrogen-bond donors (Lipinski definition) is 0. The van der Waals surface area contributed by atoms with Crippen molar-refractivity contribution in [3.63, 3.8) is 0 Å². The lowest BCUT2D eigenvalue weighted by Crippen LogP contribution is -2.32. The van der Waals surface area contributed by atoms with Crippen molar-refractivity contribution >= 4 is 11.5 Å². The molecule has 0 radical (unpaired) electrons. The Morgan fingerprint density at radius 1 is 1.15 bits per heavy atom. The molecule has 70 valence electrons. The van der Waals surface area contributed by atoms with E-state index in [1.807, 2.05) is 0 Å². The lowest BCUT2D eigenvalue weighted by molar-refractivity contribution is -0.116. The van der Waals surface area contributed by atoms with Gasteiger partial charge in [-0.3, -0.25) is 4.79 Å². The first-order chi connectivity index (χ1) is 6.28. The number of ketones is 1. The predicted molar refractivity (Wildman–Crippen MR) is 48.4 cm³/mol. The molecule has 3 heteroatoms. The third kappa shape index (κ3) is 1.24. The van der Waals surface area contributed by atoms with Crippen LogP contribution in [0, 0.1) is 5.41 Å². The van der Waals surface area contributed by atoms with E-state index in [1.54, 1.807) is 0 Å². The highest BCUT2D eigenvalue weighted by molar-refractivity contribution is 6.41. The molecule has 0 aromatic heterocycles. The van der Waals surface area contributed by atoms with Gasteiger partial charge >= 0.3 is 5.71 Å². The summed E-state index contributed by atoms with van der Waals surface area (Å²) in [6.45, 7) is 0. The van der Waals surface area contributed by atoms with Crippen LogP contribution in [-0.4, -0.2) is 16.3 Å². The first kappa shape index (κ1) is 8.64. The maximum Gasteiger partial charge on any atom is 0.340 e. The lowest BCUT2D eigenvalue weighted by Gasteiger charge is -2.27. The summed E-state index contributed by atoms with van der Waals surface area (Å²) in [6, 6.07) is 0. The van der Waals surface area contributed by atoms with Gasteiger partial charge in [0.15, 0.2) is 0 Å². The van der Waals surface area contributed by atoms with Crippen LogP contribution in [0.15, 0.2) is 0 Å². The number of carbonyl (C=O) groups excluding carboxylic acids is 1. The number of hydrogen-bond acceptors (Lipinski definition) is 1. The second-order valence-electron chi connectivity index (χ2n) is 4.21. The molecule has 0 bridgehead atoms. The zero-order chi connectivity index (χ0) is 9.31. The molecule has 0 aromatic rings. The van der Waals surface area contributed by atoms with Gasteiger partial charge in [-0.2, -0.15) is 4.79 Å². The van der Waals surface area contributed by atoms with E-state index in [0.29, 0.717) is 12.1 Å². The highest BCUT2D eigenvalue weighted by Gasteiger charge is 2.51. The van der Waals surface area contributed by atoms with Crippen molar-refractivity contribution in [2.24, 2.45) is 5.41 Å². The van der Waals surface area contributed by atoms with Gasteiger partial charge in [0.1, 0.15) is 0 Å². The maximum atomic E-state index is 11.4. The summed E-state index contributed by atoms with van der Waals surface area (Å²) in [4.78, 5) is 14.6. The zero-order valence-corrected chi connectivity index (χ0v) is 7.75. The smallest absolute Gasteiger partial charge is 0.340 e. The van der Waals surface area contributed by atoms with E-state index >= 15 is 0 Å². The SMILES string of the molecule is [N-]=[N+]=C1C(=O)CCC12CCCCC2. The molecule has 2 fully saturated rings. The number of rotatable bonds is 0. The Morgan fingerprint density at radius 3 is 2.46 bits per heavy atom. The summed E-state index contributed by atoms with van der Waals surface area (Å²) >= 11 is 0. The van der Waals surface area contributed by atoms with Gasteiger partial charge in [-0.1, -0.05) is 19.3 Å². The summed E-state index contributed by atoms with van der Waals surface area (Å²) in [5, 5.41) is 0. The van der Waals surface area contributed by atoms with Crippen molar-refractivity contribution in [1.82, 2.24) is 0 Å². The van der Waals surface area contributed by atoms with E-state index in [0.717, 1.165) is 19.3 Å². The second kappa shape index (κ2) is 3.08. The first-order valence-corrected chi connectivity index (χ1v) is 5.04. The normalized spacial score (nSPS) is 26.5. The molecule has 0 aliphatic heterocycles. The molecule has 1 spiro atoms. The minimum Gasteiger partial charge on any atom is -0.361 e. The fraction of sp³-hybridized carbons (Fsp3) is 0.800. The quantitative estimate of drug-likeness (QED) is 0.413. The largest absolute Gasteiger partial charge is 0.361 e. The summed E-state index contributed by atoms with van der Waals surface area (Å²) < 4.78 is 0. The third-order valence-corrected chi connectivity index (χ3v) is 3.51. The molecule has 0 aromatic carbocycles. The van der Waals surface area contributed by atoms with Crippen LogP contribution in [0.4, 0.5) is 0 Å². The topological polar surface area (TPSA) is 53.5 Å². The third-order valence-electron chi connectivity index (χ3n) is 3.51. The van der Waals surface area contributed by atoms with Gasteiger partial charge in [0, 0.05) is 6.42 Å². The van der Waals surface area contributed by atoms with Crippen LogP contribution in [0.2, 0.25) is 0 Å². The monoisotopic (exact) mass is 178 g/mol. The van der Waals surface area contributed by atoms with Gasteiger partial charge in [-0.15, -0.1) is 0 Å². The molecule has 0 saturated heterocycles. The molecule has 2 aliphatic rings. The van der Waals surface area contributed by atoms with E-state index in [-0.39, 0.29) is 11.2 Å². The Balaban J connectivity index is 2.31. The molecule has 2 aliphatic carbocycles. The Labute approximate surface area is 77.8 Å². The summed E-state index contributed by atoms with van der Waals surface area (Å²) in [5.74, 6) is 0.0596. The van der Waals surface area contributed by atoms with E-state index in [9.17, 15) is 4.79 Å². The molecule has 13 heavy (non-hydrogen) atoms. The van der Waals surface area contributed by atoms with Gasteiger partial charge in [-0.05, 0) is 19.3 Å². The fourth-order valence-corrected chi connectivity index (χ4v) is 2.76. The molecule has 0 N–H and O–H groups in total. The average Bonchev–Trinajstić information content (AvgIpc) is 2.45. The van der Waals surface area contributed by atoms with Crippen molar-refractivity contribution < 1.29 is 9.58 Å². The lowest BCUT2D eigenvalue weighted by atomic mass is 9.72. The van der Waals surface area contributed by atoms with Crippen LogP contribution >= 0.6 is 0 Å². The van der Waals surface area contributed by atoms with Crippen molar-refractivity contribution in [1.29, 1.82) is 0 Å². The van der Waals surface area contributed by atoms with E-state index < -0.39 is 0 Å². The van der Waals surface area contributed by atoms with Crippen molar-refractivity contribution in [2.75, 3.05) is 0 Å². The Hall–Kier alpha value is -0.950. The second-order valence-corrected chi connectivity index (χ2v) is 4.21. The minimum absolute atomic E-state index is 0.0376. The van der Waals surface area contributed by atoms with Gasteiger partial charge in [0.25, 0.3) is 0 Å². The molecule has 0 heterocycles. The van der Waals surface area contributed by atoms with Crippen LogP contribution < -0.4 is 0 Å². The van der Waals surface area contributed by atoms with Crippen molar-refractivity contribution in [3.05, 3.63) is 5.53 Å². The zero-order valence-electron chi connectivity index (χ0n) is 7.75. The molecule has 2 rings (SSSR count). The molecule has 0 unspecified atom stereocenters. The predicted octanol–water partition coefficient (Wildman–Crippen LogP) is 1.97. The van der Waals surface area contributed by atoms with Crippen LogP contribution in [0.25, 0.3) is 5.53 Å². The summed E-state index contributed by atoms with van der Waals surface area (Å²) in [6.07, 6.45) is 7.17. The van der Waals surface area contributed by atoms with Crippen LogP contribution in [-0.2, 0) is 4.79 Å². The first-order valence-electron chi connectivity index (χ1n) is 5.04. The molecular weight excluding hydrogens is 164 g/mol. The Kier molecular flexibility index (Phi) is 2.04. The summed E-state index contributed by atoms with van der Waals surface area (Å²) in [5.41, 5.74) is 9.25. The fourth-order valence-electron chi connectivity index (χ4n) is 2.76. The van der Waals surface area contributed by atoms with Gasteiger partial charge in [0.2, 0.25) is 5.78 Å². The summed E-state index contributed by atoms with van der Waals surface area (Å²) in [7, 11) is 0. The van der Waals surface area contributed by atoms with Crippen LogP contribution in [0.5, 0.6) is 0 Å². The Morgan fingerprint density at radius 2 is 1.85 bits per heavy atom. The van der Waals surface area contributed by atoms with Gasteiger partial charge in [-0.25, -0.2) is 0 Å². The van der Waals surface area contributed by atoms with Crippen molar-refractivity contribution in [2.45, 2.75) is 44.9 Å². The van der Waals surface area contributed by atoms with Crippen molar-refractivity contribution in [3.8, 4) is 0 Å². The van der Waals surface area contributed by atoms with Gasteiger partial charge < -0.3 is 5.53 Å². The van der Waals surface area contributed by atoms with E-state index in [2.05, 4.69) is 4.79 Å². The maximum absolute atomic E-state index is 11.4. The number of Topliss-reactive ketones (excluding diaryl/α,β-unsaturated/α-hetero) is 1. The molecule has 0 atom stereocenters. The highest BCUT2D eigenvalue weighted by atomic mass is 16.1. The number of nitrogens with zero attached hydrogens (tertiary/aromatic N) is 2. The average molecular weight is 178 g/mol. The standard InChI is InChI=1S/C10H14N2O/c11-12-9-8(13)4-7-10(9)5-2-1-3-6-10/h1-7H2. The number of carbonyl (C=O) groups is 1. The molecule has 2 saturated carbocycles. The molecule has 3 nitrogen and oxygen atoms in total. The van der Waals surface area contributed by atoms with E-state index in [1.165, 1.54) is 19.3 Å². The minimum atomic E-state index is -0.0376. The molecule has 0 amide bonds. The van der Waals surface area contributed by atoms with E-state index in [4.69, 9.17) is 5.53 Å². The van der Waals surface area contributed by atoms with Crippen LogP contribution in [0.3, 0.4) is 0 Å².